The second-order valence-corrected chi connectivity index (χ2v) is 8.40. The number of anilines is 1. The van der Waals surface area contributed by atoms with Gasteiger partial charge in [0.25, 0.3) is 0 Å². The molecule has 0 bridgehead atoms. The van der Waals surface area contributed by atoms with Gasteiger partial charge in [0.2, 0.25) is 0 Å². The number of carbonyl (C=O) groups is 1. The summed E-state index contributed by atoms with van der Waals surface area (Å²) in [6.45, 7) is 1.10. The maximum atomic E-state index is 12.4. The van der Waals surface area contributed by atoms with Gasteiger partial charge in [0, 0.05) is 39.5 Å². The third kappa shape index (κ3) is 6.55. The number of benzene rings is 2. The number of aromatic nitrogens is 1. The summed E-state index contributed by atoms with van der Waals surface area (Å²) in [6, 6.07) is 13.0. The number of fused-ring (bicyclic) bond motifs is 1. The van der Waals surface area contributed by atoms with E-state index >= 15 is 0 Å². The number of carbonyl (C=O) groups excluding carboxylic acids is 1. The van der Waals surface area contributed by atoms with Crippen molar-refractivity contribution in [2.75, 3.05) is 26.4 Å². The number of rotatable bonds is 8. The van der Waals surface area contributed by atoms with Crippen LogP contribution in [0.1, 0.15) is 53.6 Å². The fourth-order valence-corrected chi connectivity index (χ4v) is 3.59. The van der Waals surface area contributed by atoms with E-state index < -0.39 is 0 Å². The van der Waals surface area contributed by atoms with Crippen LogP contribution in [0.4, 0.5) is 5.82 Å². The number of Topliss-reactive ketones (excluding diaryl/α,β-unsaturated/α-hetero) is 1. The molecular formula is C26H28ClN3O. The summed E-state index contributed by atoms with van der Waals surface area (Å²) in [7, 11) is 4.17. The molecule has 0 unspecified atom stereocenters. The van der Waals surface area contributed by atoms with Gasteiger partial charge in [-0.05, 0) is 57.7 Å². The molecule has 2 N–H and O–H groups in total. The normalized spacial score (nSPS) is 10.8. The van der Waals surface area contributed by atoms with Crippen molar-refractivity contribution in [3.05, 3.63) is 70.4 Å². The zero-order chi connectivity index (χ0) is 22.2. The number of halogens is 1. The molecule has 3 rings (SSSR count). The summed E-state index contributed by atoms with van der Waals surface area (Å²) in [4.78, 5) is 18.8. The van der Waals surface area contributed by atoms with Crippen molar-refractivity contribution in [3.8, 4) is 11.8 Å². The molecule has 0 aliphatic heterocycles. The number of nitrogens with zero attached hydrogens (tertiary/aromatic N) is 2. The summed E-state index contributed by atoms with van der Waals surface area (Å²) in [5.74, 6) is 6.81. The van der Waals surface area contributed by atoms with Gasteiger partial charge >= 0.3 is 0 Å². The number of hydrogen-bond acceptors (Lipinski definition) is 4. The Bertz CT molecular complexity index is 1110. The molecule has 0 amide bonds. The second-order valence-electron chi connectivity index (χ2n) is 7.97. The van der Waals surface area contributed by atoms with Gasteiger partial charge in [-0.15, -0.1) is 0 Å². The Morgan fingerprint density at radius 1 is 1.03 bits per heavy atom. The molecule has 0 spiro atoms. The van der Waals surface area contributed by atoms with Crippen LogP contribution in [0.25, 0.3) is 10.8 Å². The van der Waals surface area contributed by atoms with Gasteiger partial charge in [-0.2, -0.15) is 0 Å². The molecule has 0 atom stereocenters. The SMILES string of the molecule is CN(C)CCCCCCC(=O)c1ccc(C#Cc2c(N)ncc3ccc(Cl)cc23)cc1. The lowest BCUT2D eigenvalue weighted by Gasteiger charge is -2.08. The first-order valence-corrected chi connectivity index (χ1v) is 11.0. The van der Waals surface area contributed by atoms with Crippen molar-refractivity contribution in [1.82, 2.24) is 9.88 Å². The number of pyridine rings is 1. The van der Waals surface area contributed by atoms with Gasteiger partial charge in [-0.25, -0.2) is 4.98 Å². The van der Waals surface area contributed by atoms with Crippen LogP contribution in [0.2, 0.25) is 5.02 Å². The van der Waals surface area contributed by atoms with Crippen molar-refractivity contribution >= 4 is 34.0 Å². The summed E-state index contributed by atoms with van der Waals surface area (Å²) in [5.41, 5.74) is 8.27. The Labute approximate surface area is 189 Å². The Hall–Kier alpha value is -2.87. The zero-order valence-electron chi connectivity index (χ0n) is 18.1. The predicted octanol–water partition coefficient (Wildman–Crippen LogP) is 5.57. The van der Waals surface area contributed by atoms with Crippen molar-refractivity contribution < 1.29 is 4.79 Å². The second kappa shape index (κ2) is 10.9. The van der Waals surface area contributed by atoms with Crippen LogP contribution < -0.4 is 5.73 Å². The smallest absolute Gasteiger partial charge is 0.162 e. The minimum absolute atomic E-state index is 0.184. The standard InChI is InChI=1S/C26H28ClN3O/c1-30(2)16-6-4-3-5-7-25(31)20-11-8-19(9-12-20)10-15-23-24-17-22(27)14-13-21(24)18-29-26(23)28/h8-9,11-14,17-18H,3-7,16H2,1-2H3,(H2,28,29). The van der Waals surface area contributed by atoms with Crippen LogP contribution >= 0.6 is 11.6 Å². The third-order valence-electron chi connectivity index (χ3n) is 5.18. The third-order valence-corrected chi connectivity index (χ3v) is 5.42. The number of unbranched alkanes of at least 4 members (excludes halogenated alkanes) is 3. The predicted molar refractivity (Wildman–Crippen MR) is 130 cm³/mol. The first-order chi connectivity index (χ1) is 14.9. The molecule has 0 saturated carbocycles. The van der Waals surface area contributed by atoms with Crippen LogP contribution in [0, 0.1) is 11.8 Å². The summed E-state index contributed by atoms with van der Waals surface area (Å²) < 4.78 is 0. The van der Waals surface area contributed by atoms with Gasteiger partial charge in [0.15, 0.2) is 5.78 Å². The highest BCUT2D eigenvalue weighted by Gasteiger charge is 2.07. The minimum atomic E-state index is 0.184. The van der Waals surface area contributed by atoms with Crippen LogP contribution in [0.15, 0.2) is 48.7 Å². The van der Waals surface area contributed by atoms with E-state index in [1.165, 1.54) is 6.42 Å². The van der Waals surface area contributed by atoms with Gasteiger partial charge in [-0.1, -0.05) is 54.5 Å². The topological polar surface area (TPSA) is 59.2 Å². The quantitative estimate of drug-likeness (QED) is 0.287. The highest BCUT2D eigenvalue weighted by molar-refractivity contribution is 6.31. The molecule has 0 radical (unpaired) electrons. The monoisotopic (exact) mass is 433 g/mol. The molecule has 1 aromatic heterocycles. The van der Waals surface area contributed by atoms with Crippen LogP contribution in [-0.4, -0.2) is 36.3 Å². The van der Waals surface area contributed by atoms with E-state index in [9.17, 15) is 4.79 Å². The molecule has 31 heavy (non-hydrogen) atoms. The van der Waals surface area contributed by atoms with E-state index in [0.717, 1.165) is 47.7 Å². The van der Waals surface area contributed by atoms with Crippen molar-refractivity contribution in [1.29, 1.82) is 0 Å². The van der Waals surface area contributed by atoms with E-state index in [1.54, 1.807) is 6.20 Å². The van der Waals surface area contributed by atoms with Crippen molar-refractivity contribution in [2.45, 2.75) is 32.1 Å². The summed E-state index contributed by atoms with van der Waals surface area (Å²) in [5, 5.41) is 2.44. The fourth-order valence-electron chi connectivity index (χ4n) is 3.42. The Morgan fingerprint density at radius 2 is 1.77 bits per heavy atom. The average Bonchev–Trinajstić information content (AvgIpc) is 2.75. The van der Waals surface area contributed by atoms with Gasteiger partial charge in [0.1, 0.15) is 5.82 Å². The van der Waals surface area contributed by atoms with Crippen LogP contribution in [-0.2, 0) is 0 Å². The minimum Gasteiger partial charge on any atom is -0.383 e. The van der Waals surface area contributed by atoms with E-state index in [1.807, 2.05) is 42.5 Å². The zero-order valence-corrected chi connectivity index (χ0v) is 18.9. The summed E-state index contributed by atoms with van der Waals surface area (Å²) >= 11 is 6.14. The first-order valence-electron chi connectivity index (χ1n) is 10.6. The molecular weight excluding hydrogens is 406 g/mol. The summed E-state index contributed by atoms with van der Waals surface area (Å²) in [6.07, 6.45) is 6.67. The van der Waals surface area contributed by atoms with Crippen molar-refractivity contribution in [3.63, 3.8) is 0 Å². The van der Waals surface area contributed by atoms with E-state index in [-0.39, 0.29) is 5.78 Å². The molecule has 4 nitrogen and oxygen atoms in total. The van der Waals surface area contributed by atoms with Gasteiger partial charge in [-0.3, -0.25) is 4.79 Å². The van der Waals surface area contributed by atoms with E-state index in [2.05, 4.69) is 35.8 Å². The molecule has 0 aliphatic carbocycles. The average molecular weight is 434 g/mol. The molecule has 3 aromatic rings. The molecule has 0 aliphatic rings. The lowest BCUT2D eigenvalue weighted by molar-refractivity contribution is 0.0979. The number of nitrogens with two attached hydrogens (primary N) is 1. The van der Waals surface area contributed by atoms with E-state index in [4.69, 9.17) is 17.3 Å². The Morgan fingerprint density at radius 3 is 2.52 bits per heavy atom. The first kappa shape index (κ1) is 22.8. The highest BCUT2D eigenvalue weighted by atomic mass is 35.5. The van der Waals surface area contributed by atoms with Gasteiger partial charge in [0.05, 0.1) is 5.56 Å². The van der Waals surface area contributed by atoms with Crippen molar-refractivity contribution in [2.24, 2.45) is 0 Å². The molecule has 0 fully saturated rings. The van der Waals surface area contributed by atoms with Crippen LogP contribution in [0.5, 0.6) is 0 Å². The highest BCUT2D eigenvalue weighted by Crippen LogP contribution is 2.25. The molecule has 1 heterocycles. The molecule has 160 valence electrons. The number of nitrogen functional groups attached to an aromatic ring is 1. The Balaban J connectivity index is 1.63. The molecule has 2 aromatic carbocycles. The molecule has 0 saturated heterocycles. The number of hydrogen-bond donors (Lipinski definition) is 1. The number of ketones is 1. The largest absolute Gasteiger partial charge is 0.383 e. The Kier molecular flexibility index (Phi) is 8.06. The van der Waals surface area contributed by atoms with E-state index in [0.29, 0.717) is 22.8 Å². The maximum Gasteiger partial charge on any atom is 0.162 e. The fraction of sp³-hybridized carbons (Fsp3) is 0.308. The lowest BCUT2D eigenvalue weighted by Crippen LogP contribution is -2.12. The lowest BCUT2D eigenvalue weighted by atomic mass is 10.0. The maximum absolute atomic E-state index is 12.4. The van der Waals surface area contributed by atoms with Gasteiger partial charge < -0.3 is 10.6 Å². The van der Waals surface area contributed by atoms with Crippen LogP contribution in [0.3, 0.4) is 0 Å². The molecule has 5 heteroatoms.